The topological polar surface area (TPSA) is 41.1 Å². The van der Waals surface area contributed by atoms with Crippen LogP contribution in [0.1, 0.15) is 30.7 Å². The van der Waals surface area contributed by atoms with Crippen LogP contribution in [0.25, 0.3) is 0 Å². The molecule has 0 radical (unpaired) electrons. The van der Waals surface area contributed by atoms with E-state index in [9.17, 15) is 18.0 Å². The smallest absolute Gasteiger partial charge is 0.385 e. The minimum Gasteiger partial charge on any atom is -0.385 e. The van der Waals surface area contributed by atoms with Crippen LogP contribution in [0.3, 0.4) is 0 Å². The van der Waals surface area contributed by atoms with Crippen LogP contribution in [-0.4, -0.2) is 25.2 Å². The number of rotatable bonds is 4. The molecule has 0 fully saturated rings. The van der Waals surface area contributed by atoms with Gasteiger partial charge in [0, 0.05) is 25.2 Å². The number of hydrogen-bond acceptors (Lipinski definition) is 2. The number of halogens is 3. The van der Waals surface area contributed by atoms with Gasteiger partial charge in [0.25, 0.3) is 0 Å². The fourth-order valence-electron chi connectivity index (χ4n) is 2.36. The minimum atomic E-state index is -4.16. The number of carbonyl (C=O) groups excluding carboxylic acids is 1. The molecule has 110 valence electrons. The van der Waals surface area contributed by atoms with Gasteiger partial charge in [0.1, 0.15) is 0 Å². The summed E-state index contributed by atoms with van der Waals surface area (Å²) in [7, 11) is 0. The van der Waals surface area contributed by atoms with Crippen molar-refractivity contribution < 1.29 is 18.0 Å². The fourth-order valence-corrected chi connectivity index (χ4v) is 2.36. The standard InChI is InChI=1S/C14H17F3N2O/c15-14(16,17)7-3-8-19-13(20)11-6-9-18-12-5-2-1-4-10(11)12/h1-2,4-5,11,18H,3,6-9H2,(H,19,20). The average Bonchev–Trinajstić information content (AvgIpc) is 2.41. The lowest BCUT2D eigenvalue weighted by Gasteiger charge is -2.25. The molecular weight excluding hydrogens is 269 g/mol. The van der Waals surface area contributed by atoms with Crippen molar-refractivity contribution in [1.29, 1.82) is 0 Å². The number of carbonyl (C=O) groups is 1. The molecule has 1 aliphatic heterocycles. The molecular formula is C14H17F3N2O. The number of hydrogen-bond donors (Lipinski definition) is 2. The zero-order chi connectivity index (χ0) is 14.6. The van der Waals surface area contributed by atoms with E-state index in [4.69, 9.17) is 0 Å². The molecule has 6 heteroatoms. The number of amides is 1. The van der Waals surface area contributed by atoms with Crippen LogP contribution in [0, 0.1) is 0 Å². The van der Waals surface area contributed by atoms with Gasteiger partial charge in [-0.3, -0.25) is 4.79 Å². The molecule has 3 nitrogen and oxygen atoms in total. The summed E-state index contributed by atoms with van der Waals surface area (Å²) < 4.78 is 36.0. The largest absolute Gasteiger partial charge is 0.389 e. The van der Waals surface area contributed by atoms with Gasteiger partial charge >= 0.3 is 6.18 Å². The lowest BCUT2D eigenvalue weighted by Crippen LogP contribution is -2.33. The summed E-state index contributed by atoms with van der Waals surface area (Å²) in [4.78, 5) is 12.1. The summed E-state index contributed by atoms with van der Waals surface area (Å²) in [6, 6.07) is 7.52. The van der Waals surface area contributed by atoms with E-state index in [0.29, 0.717) is 13.0 Å². The first-order valence-corrected chi connectivity index (χ1v) is 6.64. The molecule has 1 amide bonds. The molecule has 1 heterocycles. The van der Waals surface area contributed by atoms with Crippen molar-refractivity contribution in [3.63, 3.8) is 0 Å². The predicted molar refractivity (Wildman–Crippen MR) is 70.6 cm³/mol. The van der Waals surface area contributed by atoms with Crippen molar-refractivity contribution in [3.8, 4) is 0 Å². The first-order chi connectivity index (χ1) is 9.47. The van der Waals surface area contributed by atoms with E-state index in [1.165, 1.54) is 0 Å². The zero-order valence-electron chi connectivity index (χ0n) is 11.0. The van der Waals surface area contributed by atoms with Crippen molar-refractivity contribution in [2.24, 2.45) is 0 Å². The number of fused-ring (bicyclic) bond motifs is 1. The van der Waals surface area contributed by atoms with Crippen LogP contribution in [0.2, 0.25) is 0 Å². The second-order valence-electron chi connectivity index (χ2n) is 4.87. The van der Waals surface area contributed by atoms with Gasteiger partial charge in [-0.15, -0.1) is 0 Å². The lowest BCUT2D eigenvalue weighted by molar-refractivity contribution is -0.136. The second-order valence-corrected chi connectivity index (χ2v) is 4.87. The zero-order valence-corrected chi connectivity index (χ0v) is 11.0. The number of alkyl halides is 3. The Bertz CT molecular complexity index is 474. The fraction of sp³-hybridized carbons (Fsp3) is 0.500. The molecule has 2 rings (SSSR count). The van der Waals surface area contributed by atoms with Gasteiger partial charge in [0.2, 0.25) is 5.91 Å². The van der Waals surface area contributed by atoms with Gasteiger partial charge in [0.05, 0.1) is 5.92 Å². The summed E-state index contributed by atoms with van der Waals surface area (Å²) in [6.45, 7) is 0.752. The minimum absolute atomic E-state index is 0.0600. The van der Waals surface area contributed by atoms with E-state index < -0.39 is 12.6 Å². The Morgan fingerprint density at radius 2 is 2.10 bits per heavy atom. The molecule has 2 N–H and O–H groups in total. The highest BCUT2D eigenvalue weighted by atomic mass is 19.4. The molecule has 1 aromatic carbocycles. The maximum absolute atomic E-state index is 12.1. The van der Waals surface area contributed by atoms with Crippen molar-refractivity contribution >= 4 is 11.6 Å². The van der Waals surface area contributed by atoms with Crippen LogP contribution in [0.15, 0.2) is 24.3 Å². The van der Waals surface area contributed by atoms with Gasteiger partial charge in [-0.1, -0.05) is 18.2 Å². The number of para-hydroxylation sites is 1. The van der Waals surface area contributed by atoms with Crippen molar-refractivity contribution in [1.82, 2.24) is 5.32 Å². The van der Waals surface area contributed by atoms with E-state index in [0.717, 1.165) is 11.3 Å². The maximum atomic E-state index is 12.1. The Balaban J connectivity index is 1.88. The molecule has 20 heavy (non-hydrogen) atoms. The molecule has 1 unspecified atom stereocenters. The Kier molecular flexibility index (Phi) is 4.52. The highest BCUT2D eigenvalue weighted by Gasteiger charge is 2.28. The van der Waals surface area contributed by atoms with Gasteiger partial charge in [0.15, 0.2) is 0 Å². The van der Waals surface area contributed by atoms with E-state index in [-0.39, 0.29) is 24.8 Å². The maximum Gasteiger partial charge on any atom is 0.389 e. The van der Waals surface area contributed by atoms with Gasteiger partial charge in [-0.05, 0) is 24.5 Å². The third-order valence-corrected chi connectivity index (χ3v) is 3.34. The molecule has 0 bridgehead atoms. The summed E-state index contributed by atoms with van der Waals surface area (Å²) in [5.41, 5.74) is 1.83. The predicted octanol–water partition coefficient (Wildman–Crippen LogP) is 3.04. The average molecular weight is 286 g/mol. The van der Waals surface area contributed by atoms with Crippen molar-refractivity contribution in [3.05, 3.63) is 29.8 Å². The third kappa shape index (κ3) is 3.88. The molecule has 1 aliphatic rings. The molecule has 1 aromatic rings. The van der Waals surface area contributed by atoms with Crippen LogP contribution in [-0.2, 0) is 4.79 Å². The van der Waals surface area contributed by atoms with E-state index in [2.05, 4.69) is 10.6 Å². The number of nitrogens with one attached hydrogen (secondary N) is 2. The molecule has 0 saturated carbocycles. The third-order valence-electron chi connectivity index (χ3n) is 3.34. The highest BCUT2D eigenvalue weighted by Crippen LogP contribution is 2.31. The molecule has 0 aromatic heterocycles. The Labute approximate surface area is 115 Å². The van der Waals surface area contributed by atoms with E-state index in [1.807, 2.05) is 24.3 Å². The Morgan fingerprint density at radius 1 is 1.35 bits per heavy atom. The Hall–Kier alpha value is -1.72. The van der Waals surface area contributed by atoms with Crippen LogP contribution in [0.5, 0.6) is 0 Å². The van der Waals surface area contributed by atoms with E-state index in [1.54, 1.807) is 0 Å². The summed E-state index contributed by atoms with van der Waals surface area (Å²) in [5, 5.41) is 5.80. The molecule has 1 atom stereocenters. The van der Waals surface area contributed by atoms with Crippen LogP contribution in [0.4, 0.5) is 18.9 Å². The second kappa shape index (κ2) is 6.15. The van der Waals surface area contributed by atoms with Crippen molar-refractivity contribution in [2.75, 3.05) is 18.4 Å². The first kappa shape index (κ1) is 14.7. The first-order valence-electron chi connectivity index (χ1n) is 6.64. The number of benzene rings is 1. The van der Waals surface area contributed by atoms with E-state index >= 15 is 0 Å². The van der Waals surface area contributed by atoms with Gasteiger partial charge < -0.3 is 10.6 Å². The van der Waals surface area contributed by atoms with Gasteiger partial charge in [-0.25, -0.2) is 0 Å². The van der Waals surface area contributed by atoms with Crippen molar-refractivity contribution in [2.45, 2.75) is 31.4 Å². The summed E-state index contributed by atoms with van der Waals surface area (Å²) in [5.74, 6) is -0.473. The SMILES string of the molecule is O=C(NCCCC(F)(F)F)C1CCNc2ccccc21. The lowest BCUT2D eigenvalue weighted by atomic mass is 9.90. The monoisotopic (exact) mass is 286 g/mol. The molecule has 0 spiro atoms. The van der Waals surface area contributed by atoms with Crippen LogP contribution < -0.4 is 10.6 Å². The highest BCUT2D eigenvalue weighted by molar-refractivity contribution is 5.86. The Morgan fingerprint density at radius 3 is 2.85 bits per heavy atom. The van der Waals surface area contributed by atoms with Gasteiger partial charge in [-0.2, -0.15) is 13.2 Å². The molecule has 0 saturated heterocycles. The normalized spacial score (nSPS) is 18.1. The summed E-state index contributed by atoms with van der Waals surface area (Å²) >= 11 is 0. The number of anilines is 1. The summed E-state index contributed by atoms with van der Waals surface area (Å²) in [6.07, 6.45) is -4.45. The molecule has 0 aliphatic carbocycles. The quantitative estimate of drug-likeness (QED) is 0.835. The van der Waals surface area contributed by atoms with Crippen LogP contribution >= 0.6 is 0 Å².